The molecule has 0 aliphatic carbocycles. The van der Waals surface area contributed by atoms with Crippen molar-refractivity contribution in [3.63, 3.8) is 0 Å². The number of hydrogen-bond donors (Lipinski definition) is 2. The van der Waals surface area contributed by atoms with E-state index in [2.05, 4.69) is 27.2 Å². The molecule has 2 N–H and O–H groups in total. The standard InChI is InChI=1S/C21H15FN4O2S/c1-2-18(27)23-15-7-4-8-16(12-15)28-20-19-17(9-10-29-19)25-21(26-20)24-14-6-3-5-13(22)11-14/h2-12H,1H2,(H,23,27)(H,24,25,26). The molecule has 4 rings (SSSR count). The van der Waals surface area contributed by atoms with E-state index in [-0.39, 0.29) is 17.7 Å². The zero-order valence-electron chi connectivity index (χ0n) is 15.1. The molecule has 2 aromatic heterocycles. The first-order chi connectivity index (χ1) is 14.1. The van der Waals surface area contributed by atoms with Crippen LogP contribution in [-0.4, -0.2) is 15.9 Å². The Morgan fingerprint density at radius 3 is 2.76 bits per heavy atom. The van der Waals surface area contributed by atoms with E-state index in [9.17, 15) is 9.18 Å². The zero-order chi connectivity index (χ0) is 20.2. The molecule has 0 aliphatic rings. The summed E-state index contributed by atoms with van der Waals surface area (Å²) in [7, 11) is 0. The third-order valence-corrected chi connectivity index (χ3v) is 4.75. The number of fused-ring (bicyclic) bond motifs is 1. The minimum Gasteiger partial charge on any atom is -0.437 e. The van der Waals surface area contributed by atoms with Crippen molar-refractivity contribution < 1.29 is 13.9 Å². The van der Waals surface area contributed by atoms with Gasteiger partial charge in [-0.3, -0.25) is 4.79 Å². The maximum Gasteiger partial charge on any atom is 0.247 e. The Morgan fingerprint density at radius 1 is 1.10 bits per heavy atom. The summed E-state index contributed by atoms with van der Waals surface area (Å²) in [6, 6.07) is 14.8. The SMILES string of the molecule is C=CC(=O)Nc1cccc(Oc2nc(Nc3cccc(F)c3)nc3ccsc23)c1. The molecule has 144 valence electrons. The first-order valence-corrected chi connectivity index (χ1v) is 9.48. The second kappa shape index (κ2) is 8.07. The van der Waals surface area contributed by atoms with Crippen molar-refractivity contribution in [1.29, 1.82) is 0 Å². The van der Waals surface area contributed by atoms with Gasteiger partial charge in [-0.05, 0) is 47.9 Å². The summed E-state index contributed by atoms with van der Waals surface area (Å²) < 4.78 is 20.2. The predicted octanol–water partition coefficient (Wildman–Crippen LogP) is 5.49. The number of aromatic nitrogens is 2. The fourth-order valence-electron chi connectivity index (χ4n) is 2.60. The molecule has 0 saturated heterocycles. The van der Waals surface area contributed by atoms with Gasteiger partial charge in [-0.1, -0.05) is 18.7 Å². The Hall–Kier alpha value is -3.78. The highest BCUT2D eigenvalue weighted by atomic mass is 32.1. The molecule has 0 aliphatic heterocycles. The lowest BCUT2D eigenvalue weighted by molar-refractivity contribution is -0.111. The van der Waals surface area contributed by atoms with Crippen molar-refractivity contribution >= 4 is 44.8 Å². The Labute approximate surface area is 169 Å². The lowest BCUT2D eigenvalue weighted by atomic mass is 10.3. The van der Waals surface area contributed by atoms with E-state index in [0.717, 1.165) is 4.70 Å². The van der Waals surface area contributed by atoms with E-state index >= 15 is 0 Å². The number of thiophene rings is 1. The Kier molecular flexibility index (Phi) is 5.17. The number of carbonyl (C=O) groups is 1. The summed E-state index contributed by atoms with van der Waals surface area (Å²) in [5, 5.41) is 7.56. The molecule has 8 heteroatoms. The van der Waals surface area contributed by atoms with Crippen molar-refractivity contribution in [2.24, 2.45) is 0 Å². The second-order valence-corrected chi connectivity index (χ2v) is 6.86. The van der Waals surface area contributed by atoms with E-state index in [4.69, 9.17) is 4.74 Å². The van der Waals surface area contributed by atoms with E-state index in [1.165, 1.54) is 29.5 Å². The number of halogens is 1. The van der Waals surface area contributed by atoms with Crippen LogP contribution < -0.4 is 15.4 Å². The predicted molar refractivity (Wildman–Crippen MR) is 112 cm³/mol. The van der Waals surface area contributed by atoms with Crippen molar-refractivity contribution in [3.8, 4) is 11.6 Å². The van der Waals surface area contributed by atoms with Crippen LogP contribution in [0.5, 0.6) is 11.6 Å². The van der Waals surface area contributed by atoms with Crippen LogP contribution in [0.3, 0.4) is 0 Å². The number of anilines is 3. The number of rotatable bonds is 6. The van der Waals surface area contributed by atoms with Crippen LogP contribution in [-0.2, 0) is 4.79 Å². The molecule has 0 atom stereocenters. The maximum absolute atomic E-state index is 13.5. The number of hydrogen-bond acceptors (Lipinski definition) is 6. The molecule has 1 amide bonds. The normalized spacial score (nSPS) is 10.5. The number of nitrogens with zero attached hydrogens (tertiary/aromatic N) is 2. The molecule has 4 aromatic rings. The fourth-order valence-corrected chi connectivity index (χ4v) is 3.35. The highest BCUT2D eigenvalue weighted by molar-refractivity contribution is 7.17. The molecule has 0 spiro atoms. The summed E-state index contributed by atoms with van der Waals surface area (Å²) in [4.78, 5) is 20.4. The van der Waals surface area contributed by atoms with Gasteiger partial charge in [0.05, 0.1) is 5.52 Å². The second-order valence-electron chi connectivity index (χ2n) is 5.95. The number of benzene rings is 2. The topological polar surface area (TPSA) is 76.1 Å². The lowest BCUT2D eigenvalue weighted by Crippen LogP contribution is -2.07. The molecule has 0 fully saturated rings. The van der Waals surface area contributed by atoms with Crippen LogP contribution in [0.4, 0.5) is 21.7 Å². The summed E-state index contributed by atoms with van der Waals surface area (Å²) in [6.07, 6.45) is 1.19. The van der Waals surface area contributed by atoms with Crippen molar-refractivity contribution in [1.82, 2.24) is 9.97 Å². The van der Waals surface area contributed by atoms with Crippen LogP contribution in [0.15, 0.2) is 72.6 Å². The molecule has 29 heavy (non-hydrogen) atoms. The molecule has 0 bridgehead atoms. The monoisotopic (exact) mass is 406 g/mol. The smallest absolute Gasteiger partial charge is 0.247 e. The Balaban J connectivity index is 1.65. The minimum atomic E-state index is -0.360. The fraction of sp³-hybridized carbons (Fsp3) is 0. The van der Waals surface area contributed by atoms with Gasteiger partial charge >= 0.3 is 0 Å². The molecule has 6 nitrogen and oxygen atoms in total. The lowest BCUT2D eigenvalue weighted by Gasteiger charge is -2.10. The van der Waals surface area contributed by atoms with Crippen LogP contribution in [0.25, 0.3) is 10.2 Å². The average molecular weight is 406 g/mol. The van der Waals surface area contributed by atoms with E-state index < -0.39 is 0 Å². The maximum atomic E-state index is 13.5. The highest BCUT2D eigenvalue weighted by Crippen LogP contribution is 2.33. The van der Waals surface area contributed by atoms with Crippen LogP contribution >= 0.6 is 11.3 Å². The van der Waals surface area contributed by atoms with E-state index in [1.54, 1.807) is 36.4 Å². The first-order valence-electron chi connectivity index (χ1n) is 8.60. The largest absolute Gasteiger partial charge is 0.437 e. The Bertz CT molecular complexity index is 1210. The van der Waals surface area contributed by atoms with Crippen molar-refractivity contribution in [2.45, 2.75) is 0 Å². The number of carbonyl (C=O) groups excluding carboxylic acids is 1. The van der Waals surface area contributed by atoms with Gasteiger partial charge in [0.15, 0.2) is 0 Å². The molecular weight excluding hydrogens is 391 g/mol. The minimum absolute atomic E-state index is 0.285. The molecule has 0 radical (unpaired) electrons. The van der Waals surface area contributed by atoms with Gasteiger partial charge in [-0.15, -0.1) is 11.3 Å². The highest BCUT2D eigenvalue weighted by Gasteiger charge is 2.12. The van der Waals surface area contributed by atoms with E-state index in [0.29, 0.717) is 28.5 Å². The molecule has 0 unspecified atom stereocenters. The third kappa shape index (κ3) is 4.39. The average Bonchev–Trinajstić information content (AvgIpc) is 3.17. The summed E-state index contributed by atoms with van der Waals surface area (Å²) in [6.45, 7) is 3.44. The summed E-state index contributed by atoms with van der Waals surface area (Å²) in [5.41, 5.74) is 1.80. The van der Waals surface area contributed by atoms with Crippen LogP contribution in [0.2, 0.25) is 0 Å². The van der Waals surface area contributed by atoms with Crippen molar-refractivity contribution in [2.75, 3.05) is 10.6 Å². The first kappa shape index (κ1) is 18.6. The molecule has 0 saturated carbocycles. The summed E-state index contributed by atoms with van der Waals surface area (Å²) in [5.74, 6) is 0.466. The quantitative estimate of drug-likeness (QED) is 0.414. The van der Waals surface area contributed by atoms with Gasteiger partial charge in [0.25, 0.3) is 0 Å². The van der Waals surface area contributed by atoms with Gasteiger partial charge < -0.3 is 15.4 Å². The van der Waals surface area contributed by atoms with Crippen LogP contribution in [0, 0.1) is 5.82 Å². The zero-order valence-corrected chi connectivity index (χ0v) is 15.9. The van der Waals surface area contributed by atoms with Crippen LogP contribution in [0.1, 0.15) is 0 Å². The van der Waals surface area contributed by atoms with Gasteiger partial charge in [-0.25, -0.2) is 9.37 Å². The number of ether oxygens (including phenoxy) is 1. The number of amides is 1. The van der Waals surface area contributed by atoms with Gasteiger partial charge in [0.1, 0.15) is 16.3 Å². The molecular formula is C21H15FN4O2S. The third-order valence-electron chi connectivity index (χ3n) is 3.85. The van der Waals surface area contributed by atoms with Crippen molar-refractivity contribution in [3.05, 3.63) is 78.4 Å². The van der Waals surface area contributed by atoms with E-state index in [1.807, 2.05) is 11.4 Å². The Morgan fingerprint density at radius 2 is 1.93 bits per heavy atom. The molecule has 2 aromatic carbocycles. The van der Waals surface area contributed by atoms with Gasteiger partial charge in [0.2, 0.25) is 17.7 Å². The summed E-state index contributed by atoms with van der Waals surface area (Å²) >= 11 is 1.45. The van der Waals surface area contributed by atoms with Gasteiger partial charge in [-0.2, -0.15) is 4.98 Å². The number of nitrogens with one attached hydrogen (secondary N) is 2. The molecule has 2 heterocycles. The van der Waals surface area contributed by atoms with Gasteiger partial charge in [0, 0.05) is 17.4 Å².